The first kappa shape index (κ1) is 10.2. The van der Waals surface area contributed by atoms with E-state index in [9.17, 15) is 0 Å². The Balaban J connectivity index is 1.70. The van der Waals surface area contributed by atoms with Gasteiger partial charge in [-0.25, -0.2) is 0 Å². The van der Waals surface area contributed by atoms with Gasteiger partial charge in [0.15, 0.2) is 9.76 Å². The molecule has 0 amide bonds. The first-order valence-corrected chi connectivity index (χ1v) is 6.60. The normalized spacial score (nSPS) is 22.8. The van der Waals surface area contributed by atoms with Crippen molar-refractivity contribution in [2.45, 2.75) is 51.4 Å². The van der Waals surface area contributed by atoms with Crippen molar-refractivity contribution in [1.29, 1.82) is 0 Å². The Labute approximate surface area is 77.6 Å². The van der Waals surface area contributed by atoms with Crippen LogP contribution in [0.5, 0.6) is 0 Å². The van der Waals surface area contributed by atoms with Crippen LogP contribution in [0, 0.1) is 0 Å². The van der Waals surface area contributed by atoms with Crippen LogP contribution in [0.4, 0.5) is 0 Å². The lowest BCUT2D eigenvalue weighted by Crippen LogP contribution is -2.06. The van der Waals surface area contributed by atoms with Crippen molar-refractivity contribution < 1.29 is 9.16 Å². The summed E-state index contributed by atoms with van der Waals surface area (Å²) in [7, 11) is -0.201. The molecule has 1 atom stereocenters. The van der Waals surface area contributed by atoms with Gasteiger partial charge in [0.05, 0.1) is 12.7 Å². The van der Waals surface area contributed by atoms with Gasteiger partial charge in [-0.1, -0.05) is 12.8 Å². The smallest absolute Gasteiger partial charge is 0.161 e. The fourth-order valence-electron chi connectivity index (χ4n) is 1.20. The number of epoxide rings is 1. The van der Waals surface area contributed by atoms with E-state index in [-0.39, 0.29) is 9.76 Å². The molecule has 3 heteroatoms. The van der Waals surface area contributed by atoms with Crippen molar-refractivity contribution >= 4 is 9.76 Å². The van der Waals surface area contributed by atoms with E-state index < -0.39 is 0 Å². The quantitative estimate of drug-likeness (QED) is 0.343. The van der Waals surface area contributed by atoms with Gasteiger partial charge in [-0.15, -0.1) is 0 Å². The minimum absolute atomic E-state index is 0.201. The van der Waals surface area contributed by atoms with E-state index in [4.69, 9.17) is 9.16 Å². The van der Waals surface area contributed by atoms with Crippen LogP contribution in [0.25, 0.3) is 0 Å². The summed E-state index contributed by atoms with van der Waals surface area (Å²) in [5.74, 6) is 0. The molecular formula is C9H20O2Si. The lowest BCUT2D eigenvalue weighted by molar-refractivity contribution is 0.254. The monoisotopic (exact) mass is 188 g/mol. The first-order chi connectivity index (χ1) is 5.79. The zero-order valence-electron chi connectivity index (χ0n) is 8.21. The van der Waals surface area contributed by atoms with Crippen LogP contribution in [0.3, 0.4) is 0 Å². The van der Waals surface area contributed by atoms with Gasteiger partial charge in [0.2, 0.25) is 0 Å². The minimum Gasteiger partial charge on any atom is -0.422 e. The third-order valence-corrected chi connectivity index (χ3v) is 3.72. The Morgan fingerprint density at radius 3 is 2.83 bits per heavy atom. The van der Waals surface area contributed by atoms with Gasteiger partial charge >= 0.3 is 0 Å². The third kappa shape index (κ3) is 5.74. The van der Waals surface area contributed by atoms with Gasteiger partial charge in [-0.05, 0) is 26.3 Å². The second-order valence-corrected chi connectivity index (χ2v) is 5.17. The van der Waals surface area contributed by atoms with E-state index in [1.54, 1.807) is 0 Å². The Hall–Kier alpha value is 0.137. The van der Waals surface area contributed by atoms with E-state index in [1.165, 1.54) is 25.3 Å². The molecule has 2 nitrogen and oxygen atoms in total. The maximum Gasteiger partial charge on any atom is 0.161 e. The third-order valence-electron chi connectivity index (χ3n) is 2.02. The zero-order valence-corrected chi connectivity index (χ0v) is 9.63. The van der Waals surface area contributed by atoms with Crippen LogP contribution in [0.15, 0.2) is 0 Å². The standard InChI is InChI=1S/C9H20O2Si/c1-8(2)11-12-6-4-3-5-9-7-10-9/h8-9H,3-7,12H2,1-2H3. The van der Waals surface area contributed by atoms with E-state index in [0.29, 0.717) is 12.2 Å². The average Bonchev–Trinajstić information content (AvgIpc) is 2.79. The molecule has 0 aromatic rings. The molecule has 12 heavy (non-hydrogen) atoms. The molecule has 0 aromatic carbocycles. The molecule has 0 aromatic heterocycles. The molecule has 0 N–H and O–H groups in total. The molecular weight excluding hydrogens is 168 g/mol. The van der Waals surface area contributed by atoms with Crippen molar-refractivity contribution in [3.63, 3.8) is 0 Å². The summed E-state index contributed by atoms with van der Waals surface area (Å²) in [4.78, 5) is 0. The number of unbranched alkanes of at least 4 members (excludes halogenated alkanes) is 1. The molecule has 1 fully saturated rings. The van der Waals surface area contributed by atoms with Crippen LogP contribution >= 0.6 is 0 Å². The summed E-state index contributed by atoms with van der Waals surface area (Å²) >= 11 is 0. The average molecular weight is 188 g/mol. The summed E-state index contributed by atoms with van der Waals surface area (Å²) in [6.45, 7) is 5.25. The van der Waals surface area contributed by atoms with Crippen molar-refractivity contribution in [1.82, 2.24) is 0 Å². The van der Waals surface area contributed by atoms with E-state index >= 15 is 0 Å². The molecule has 1 unspecified atom stereocenters. The van der Waals surface area contributed by atoms with Crippen LogP contribution in [0.1, 0.15) is 33.1 Å². The van der Waals surface area contributed by atoms with Crippen LogP contribution in [0.2, 0.25) is 6.04 Å². The molecule has 1 aliphatic heterocycles. The lowest BCUT2D eigenvalue weighted by Gasteiger charge is -2.05. The molecule has 1 rings (SSSR count). The topological polar surface area (TPSA) is 21.8 Å². The van der Waals surface area contributed by atoms with Crippen LogP contribution in [-0.2, 0) is 9.16 Å². The summed E-state index contributed by atoms with van der Waals surface area (Å²) in [5, 5.41) is 0. The van der Waals surface area contributed by atoms with Crippen LogP contribution < -0.4 is 0 Å². The number of ether oxygens (including phenoxy) is 1. The lowest BCUT2D eigenvalue weighted by atomic mass is 10.2. The summed E-state index contributed by atoms with van der Waals surface area (Å²) in [6.07, 6.45) is 5.02. The fourth-order valence-corrected chi connectivity index (χ4v) is 2.40. The number of hydrogen-bond donors (Lipinski definition) is 0. The molecule has 1 heterocycles. The molecule has 1 aliphatic rings. The molecule has 0 bridgehead atoms. The summed E-state index contributed by atoms with van der Waals surface area (Å²) in [5.41, 5.74) is 0. The Kier molecular flexibility index (Phi) is 4.88. The maximum absolute atomic E-state index is 5.57. The largest absolute Gasteiger partial charge is 0.422 e. The second kappa shape index (κ2) is 5.73. The molecule has 0 spiro atoms. The van der Waals surface area contributed by atoms with Gasteiger partial charge in [0.1, 0.15) is 0 Å². The summed E-state index contributed by atoms with van der Waals surface area (Å²) < 4.78 is 10.7. The van der Waals surface area contributed by atoms with Crippen molar-refractivity contribution in [3.05, 3.63) is 0 Å². The highest BCUT2D eigenvalue weighted by Crippen LogP contribution is 2.17. The van der Waals surface area contributed by atoms with Gasteiger partial charge in [0.25, 0.3) is 0 Å². The number of hydrogen-bond acceptors (Lipinski definition) is 2. The van der Waals surface area contributed by atoms with Gasteiger partial charge in [-0.3, -0.25) is 0 Å². The summed E-state index contributed by atoms with van der Waals surface area (Å²) in [6, 6.07) is 1.34. The van der Waals surface area contributed by atoms with Crippen molar-refractivity contribution in [2.24, 2.45) is 0 Å². The predicted octanol–water partition coefficient (Wildman–Crippen LogP) is 1.48. The molecule has 0 aliphatic carbocycles. The predicted molar refractivity (Wildman–Crippen MR) is 53.2 cm³/mol. The molecule has 1 saturated heterocycles. The molecule has 72 valence electrons. The maximum atomic E-state index is 5.57. The van der Waals surface area contributed by atoms with Gasteiger partial charge in [0, 0.05) is 6.10 Å². The van der Waals surface area contributed by atoms with E-state index in [2.05, 4.69) is 13.8 Å². The fraction of sp³-hybridized carbons (Fsp3) is 1.00. The highest BCUT2D eigenvalue weighted by molar-refractivity contribution is 6.27. The highest BCUT2D eigenvalue weighted by atomic mass is 28.2. The second-order valence-electron chi connectivity index (χ2n) is 3.72. The van der Waals surface area contributed by atoms with E-state index in [1.807, 2.05) is 0 Å². The zero-order chi connectivity index (χ0) is 8.81. The SMILES string of the molecule is CC(C)O[SiH2]CCCCC1CO1. The molecule has 0 saturated carbocycles. The number of rotatable bonds is 7. The van der Waals surface area contributed by atoms with E-state index in [0.717, 1.165) is 6.61 Å². The highest BCUT2D eigenvalue weighted by Gasteiger charge is 2.20. The van der Waals surface area contributed by atoms with Gasteiger partial charge in [-0.2, -0.15) is 0 Å². The Morgan fingerprint density at radius 2 is 2.25 bits per heavy atom. The minimum atomic E-state index is -0.201. The van der Waals surface area contributed by atoms with Gasteiger partial charge < -0.3 is 9.16 Å². The first-order valence-electron chi connectivity index (χ1n) is 5.02. The van der Waals surface area contributed by atoms with Crippen molar-refractivity contribution in [3.8, 4) is 0 Å². The molecule has 0 radical (unpaired) electrons. The Bertz CT molecular complexity index is 107. The van der Waals surface area contributed by atoms with Crippen molar-refractivity contribution in [2.75, 3.05) is 6.61 Å². The van der Waals surface area contributed by atoms with Crippen LogP contribution in [-0.4, -0.2) is 28.6 Å². The Morgan fingerprint density at radius 1 is 1.50 bits per heavy atom.